The molecule has 13 heavy (non-hydrogen) atoms. The third-order valence-electron chi connectivity index (χ3n) is 1.41. The number of halogens is 1. The summed E-state index contributed by atoms with van der Waals surface area (Å²) < 4.78 is 1.26. The lowest BCUT2D eigenvalue weighted by atomic mass is 10.4. The number of imidazole rings is 1. The fraction of sp³-hybridized carbons (Fsp3) is 0.333. The smallest absolute Gasteiger partial charge is 0.390 e. The van der Waals surface area contributed by atoms with E-state index in [4.69, 9.17) is 11.6 Å². The maximum Gasteiger partial charge on any atom is 0.434 e. The number of hydrogen-bond donors (Lipinski definition) is 0. The van der Waals surface area contributed by atoms with Gasteiger partial charge in [0.2, 0.25) is 5.24 Å². The minimum Gasteiger partial charge on any atom is -0.390 e. The highest BCUT2D eigenvalue weighted by Gasteiger charge is 2.13. The van der Waals surface area contributed by atoms with Gasteiger partial charge >= 0.3 is 5.95 Å². The molecule has 1 aromatic heterocycles. The zero-order chi connectivity index (χ0) is 9.84. The lowest BCUT2D eigenvalue weighted by Crippen LogP contribution is -2.04. The largest absolute Gasteiger partial charge is 0.434 e. The molecular formula is C6H6ClN3O3. The van der Waals surface area contributed by atoms with Crippen molar-refractivity contribution in [2.45, 2.75) is 13.0 Å². The van der Waals surface area contributed by atoms with Crippen molar-refractivity contribution in [1.82, 2.24) is 9.55 Å². The highest BCUT2D eigenvalue weighted by atomic mass is 35.5. The predicted octanol–water partition coefficient (Wildman–Crippen LogP) is 0.947. The molecule has 1 heterocycles. The molecule has 0 bridgehead atoms. The first-order chi connectivity index (χ1) is 6.11. The van der Waals surface area contributed by atoms with Crippen molar-refractivity contribution >= 4 is 22.8 Å². The molecule has 6 nitrogen and oxygen atoms in total. The van der Waals surface area contributed by atoms with Crippen molar-refractivity contribution in [2.75, 3.05) is 0 Å². The Morgan fingerprint density at radius 2 is 2.46 bits per heavy atom. The topological polar surface area (TPSA) is 78.0 Å². The Morgan fingerprint density at radius 3 is 3.00 bits per heavy atom. The van der Waals surface area contributed by atoms with Gasteiger partial charge in [-0.15, -0.1) is 0 Å². The van der Waals surface area contributed by atoms with Gasteiger partial charge in [0.05, 0.1) is 13.0 Å². The van der Waals surface area contributed by atoms with Crippen LogP contribution in [0.2, 0.25) is 0 Å². The number of hydrogen-bond acceptors (Lipinski definition) is 4. The maximum atomic E-state index is 10.4. The second-order valence-corrected chi connectivity index (χ2v) is 2.70. The number of rotatable bonds is 4. The highest BCUT2D eigenvalue weighted by Crippen LogP contribution is 2.08. The van der Waals surface area contributed by atoms with Crippen molar-refractivity contribution in [1.29, 1.82) is 0 Å². The number of nitrogens with zero attached hydrogens (tertiary/aromatic N) is 3. The molecule has 0 N–H and O–H groups in total. The predicted molar refractivity (Wildman–Crippen MR) is 44.4 cm³/mol. The summed E-state index contributed by atoms with van der Waals surface area (Å²) in [6.07, 6.45) is 2.79. The summed E-state index contributed by atoms with van der Waals surface area (Å²) in [5.41, 5.74) is 0. The highest BCUT2D eigenvalue weighted by molar-refractivity contribution is 6.63. The second kappa shape index (κ2) is 3.99. The molecule has 0 aliphatic carbocycles. The Morgan fingerprint density at radius 1 is 1.77 bits per heavy atom. The van der Waals surface area contributed by atoms with Crippen LogP contribution in [0.4, 0.5) is 5.95 Å². The average molecular weight is 204 g/mol. The molecule has 0 amide bonds. The van der Waals surface area contributed by atoms with E-state index >= 15 is 0 Å². The maximum absolute atomic E-state index is 10.4. The first kappa shape index (κ1) is 9.66. The summed E-state index contributed by atoms with van der Waals surface area (Å²) in [5.74, 6) is -0.280. The van der Waals surface area contributed by atoms with Crippen molar-refractivity contribution < 1.29 is 9.72 Å². The van der Waals surface area contributed by atoms with Gasteiger partial charge in [-0.2, -0.15) is 0 Å². The van der Waals surface area contributed by atoms with Gasteiger partial charge in [0.1, 0.15) is 12.4 Å². The van der Waals surface area contributed by atoms with Crippen LogP contribution >= 0.6 is 11.6 Å². The number of carbonyl (C=O) groups is 1. The Hall–Kier alpha value is -1.43. The van der Waals surface area contributed by atoms with Crippen LogP contribution < -0.4 is 0 Å². The van der Waals surface area contributed by atoms with E-state index in [0.717, 1.165) is 0 Å². The Balaban J connectivity index is 2.71. The van der Waals surface area contributed by atoms with E-state index in [1.54, 1.807) is 0 Å². The van der Waals surface area contributed by atoms with Gasteiger partial charge in [0, 0.05) is 0 Å². The zero-order valence-electron chi connectivity index (χ0n) is 6.51. The molecule has 1 rings (SSSR count). The molecule has 0 spiro atoms. The summed E-state index contributed by atoms with van der Waals surface area (Å²) in [6.45, 7) is 0.179. The van der Waals surface area contributed by atoms with Crippen molar-refractivity contribution in [3.63, 3.8) is 0 Å². The molecule has 0 aromatic carbocycles. The Labute approximate surface area is 78.3 Å². The SMILES string of the molecule is O=C(Cl)CCn1ccnc1[N+](=O)[O-]. The molecule has 0 aliphatic heterocycles. The lowest BCUT2D eigenvalue weighted by molar-refractivity contribution is -0.396. The monoisotopic (exact) mass is 203 g/mol. The van der Waals surface area contributed by atoms with Gasteiger partial charge in [-0.1, -0.05) is 4.98 Å². The number of aryl methyl sites for hydroxylation is 1. The van der Waals surface area contributed by atoms with Crippen molar-refractivity contribution in [3.8, 4) is 0 Å². The molecule has 1 aromatic rings. The van der Waals surface area contributed by atoms with Crippen LogP contribution in [0.3, 0.4) is 0 Å². The van der Waals surface area contributed by atoms with Crippen molar-refractivity contribution in [3.05, 3.63) is 22.5 Å². The van der Waals surface area contributed by atoms with Gasteiger partial charge in [-0.25, -0.2) is 4.57 Å². The van der Waals surface area contributed by atoms with E-state index in [2.05, 4.69) is 4.98 Å². The number of carbonyl (C=O) groups excluding carboxylic acids is 1. The van der Waals surface area contributed by atoms with E-state index in [9.17, 15) is 14.9 Å². The normalized spacial score (nSPS) is 9.92. The third kappa shape index (κ3) is 2.51. The standard InChI is InChI=1S/C6H6ClN3O3/c7-5(11)1-3-9-4-2-8-6(9)10(12)13/h2,4H,1,3H2. The van der Waals surface area contributed by atoms with Crippen molar-refractivity contribution in [2.24, 2.45) is 0 Å². The van der Waals surface area contributed by atoms with E-state index in [-0.39, 0.29) is 18.9 Å². The van der Waals surface area contributed by atoms with E-state index in [1.807, 2.05) is 0 Å². The molecule has 0 radical (unpaired) electrons. The summed E-state index contributed by atoms with van der Waals surface area (Å²) in [4.78, 5) is 23.6. The van der Waals surface area contributed by atoms with Gasteiger partial charge in [0.15, 0.2) is 0 Å². The van der Waals surface area contributed by atoms with Gasteiger partial charge in [-0.3, -0.25) is 4.79 Å². The van der Waals surface area contributed by atoms with Crippen LogP contribution in [0.1, 0.15) is 6.42 Å². The van der Waals surface area contributed by atoms with Crippen LogP contribution in [0.15, 0.2) is 12.4 Å². The molecule has 7 heteroatoms. The first-order valence-corrected chi connectivity index (χ1v) is 3.83. The van der Waals surface area contributed by atoms with Crippen LogP contribution in [0.25, 0.3) is 0 Å². The molecule has 70 valence electrons. The number of aromatic nitrogens is 2. The van der Waals surface area contributed by atoms with Gasteiger partial charge < -0.3 is 10.1 Å². The van der Waals surface area contributed by atoms with Gasteiger partial charge in [-0.05, 0) is 16.5 Å². The molecular weight excluding hydrogens is 198 g/mol. The zero-order valence-corrected chi connectivity index (χ0v) is 7.27. The minimum atomic E-state index is -0.612. The number of nitro groups is 1. The van der Waals surface area contributed by atoms with E-state index in [0.29, 0.717) is 0 Å². The quantitative estimate of drug-likeness (QED) is 0.415. The van der Waals surface area contributed by atoms with Crippen LogP contribution in [0, 0.1) is 10.1 Å². The van der Waals surface area contributed by atoms with Gasteiger partial charge in [0.25, 0.3) is 0 Å². The molecule has 0 saturated heterocycles. The minimum absolute atomic E-state index is 0.0543. The summed E-state index contributed by atoms with van der Waals surface area (Å²) in [6, 6.07) is 0. The summed E-state index contributed by atoms with van der Waals surface area (Å²) >= 11 is 5.08. The molecule has 0 saturated carbocycles. The van der Waals surface area contributed by atoms with E-state index < -0.39 is 10.2 Å². The van der Waals surface area contributed by atoms with E-state index in [1.165, 1.54) is 17.0 Å². The fourth-order valence-corrected chi connectivity index (χ4v) is 0.941. The molecule has 0 fully saturated rings. The molecule has 0 aliphatic rings. The Kier molecular flexibility index (Phi) is 2.97. The summed E-state index contributed by atoms with van der Waals surface area (Å²) in [7, 11) is 0. The second-order valence-electron chi connectivity index (χ2n) is 2.28. The molecule has 0 unspecified atom stereocenters. The fourth-order valence-electron chi connectivity index (χ4n) is 0.856. The average Bonchev–Trinajstić information content (AvgIpc) is 2.47. The lowest BCUT2D eigenvalue weighted by Gasteiger charge is -1.97. The molecule has 0 atom stereocenters. The first-order valence-electron chi connectivity index (χ1n) is 3.45. The third-order valence-corrected chi connectivity index (χ3v) is 1.60. The Bertz CT molecular complexity index is 336. The van der Waals surface area contributed by atoms with Crippen LogP contribution in [0.5, 0.6) is 0 Å². The van der Waals surface area contributed by atoms with Crippen LogP contribution in [-0.4, -0.2) is 19.7 Å². The van der Waals surface area contributed by atoms with Crippen LogP contribution in [-0.2, 0) is 11.3 Å². The summed E-state index contributed by atoms with van der Waals surface area (Å²) in [5, 5.41) is 9.81.